The zero-order valence-corrected chi connectivity index (χ0v) is 12.4. The Bertz CT molecular complexity index is 536. The van der Waals surface area contributed by atoms with E-state index < -0.39 is 9.84 Å². The van der Waals surface area contributed by atoms with Gasteiger partial charge in [0.1, 0.15) is 10.7 Å². The summed E-state index contributed by atoms with van der Waals surface area (Å²) in [4.78, 5) is 4.37. The van der Waals surface area contributed by atoms with Gasteiger partial charge < -0.3 is 5.73 Å². The first-order chi connectivity index (χ1) is 8.29. The van der Waals surface area contributed by atoms with E-state index in [1.54, 1.807) is 0 Å². The Labute approximate surface area is 110 Å². The maximum Gasteiger partial charge on any atom is 0.179 e. The minimum Gasteiger partial charge on any atom is -0.383 e. The molecule has 0 atom stereocenters. The van der Waals surface area contributed by atoms with E-state index in [1.807, 2.05) is 13.8 Å². The summed E-state index contributed by atoms with van der Waals surface area (Å²) < 4.78 is 23.5. The first-order valence-electron chi connectivity index (χ1n) is 6.24. The van der Waals surface area contributed by atoms with Gasteiger partial charge in [-0.25, -0.2) is 13.4 Å². The second kappa shape index (κ2) is 5.69. The second-order valence-corrected chi connectivity index (χ2v) is 6.70. The lowest BCUT2D eigenvalue weighted by Crippen LogP contribution is -2.11. The van der Waals surface area contributed by atoms with Crippen molar-refractivity contribution in [1.82, 2.24) is 4.98 Å². The highest BCUT2D eigenvalue weighted by Crippen LogP contribution is 2.27. The molecule has 1 aromatic heterocycles. The van der Waals surface area contributed by atoms with Crippen molar-refractivity contribution in [1.29, 1.82) is 0 Å². The first kappa shape index (κ1) is 15.0. The third-order valence-corrected chi connectivity index (χ3v) is 4.41. The Morgan fingerprint density at radius 3 is 2.33 bits per heavy atom. The highest BCUT2D eigenvalue weighted by atomic mass is 32.2. The fourth-order valence-corrected chi connectivity index (χ4v) is 3.39. The standard InChI is InChI=1S/C13H22N2O2S/c1-5-6-7-8-11-9(2)12(18(4,16)17)13(14)15-10(11)3/h5-8H2,1-4H3,(H2,14,15). The quantitative estimate of drug-likeness (QED) is 0.834. The van der Waals surface area contributed by atoms with Gasteiger partial charge in [0.2, 0.25) is 0 Å². The number of nitrogens with zero attached hydrogens (tertiary/aromatic N) is 1. The normalized spacial score (nSPS) is 11.8. The number of nitrogens with two attached hydrogens (primary N) is 1. The number of hydrogen-bond donors (Lipinski definition) is 1. The molecular formula is C13H22N2O2S. The molecule has 0 bridgehead atoms. The van der Waals surface area contributed by atoms with Gasteiger partial charge in [0.05, 0.1) is 0 Å². The Balaban J connectivity index is 3.28. The molecular weight excluding hydrogens is 248 g/mol. The summed E-state index contributed by atoms with van der Waals surface area (Å²) in [5, 5.41) is 0. The van der Waals surface area contributed by atoms with Gasteiger partial charge in [-0.3, -0.25) is 0 Å². The summed E-state index contributed by atoms with van der Waals surface area (Å²) >= 11 is 0. The zero-order valence-electron chi connectivity index (χ0n) is 11.6. The minimum atomic E-state index is -3.32. The Morgan fingerprint density at radius 2 is 1.83 bits per heavy atom. The predicted molar refractivity (Wildman–Crippen MR) is 74.5 cm³/mol. The van der Waals surface area contributed by atoms with E-state index in [1.165, 1.54) is 6.26 Å². The van der Waals surface area contributed by atoms with Crippen molar-refractivity contribution in [2.45, 2.75) is 51.3 Å². The molecule has 0 radical (unpaired) electrons. The molecule has 0 saturated carbocycles. The van der Waals surface area contributed by atoms with E-state index in [-0.39, 0.29) is 10.7 Å². The molecule has 0 fully saturated rings. The molecule has 0 aromatic carbocycles. The lowest BCUT2D eigenvalue weighted by atomic mass is 10.0. The van der Waals surface area contributed by atoms with Crippen LogP contribution in [0, 0.1) is 13.8 Å². The van der Waals surface area contributed by atoms with Gasteiger partial charge in [-0.05, 0) is 37.8 Å². The summed E-state index contributed by atoms with van der Waals surface area (Å²) in [5.41, 5.74) is 8.37. The summed E-state index contributed by atoms with van der Waals surface area (Å²) in [6.45, 7) is 5.85. The van der Waals surface area contributed by atoms with Crippen LogP contribution in [0.4, 0.5) is 5.82 Å². The lowest BCUT2D eigenvalue weighted by Gasteiger charge is -2.14. The van der Waals surface area contributed by atoms with Crippen LogP contribution in [0.25, 0.3) is 0 Å². The third kappa shape index (κ3) is 3.22. The zero-order chi connectivity index (χ0) is 13.9. The van der Waals surface area contributed by atoms with Gasteiger partial charge in [0.15, 0.2) is 9.84 Å². The first-order valence-corrected chi connectivity index (χ1v) is 8.13. The van der Waals surface area contributed by atoms with Crippen molar-refractivity contribution >= 4 is 15.7 Å². The molecule has 0 aliphatic rings. The fraction of sp³-hybridized carbons (Fsp3) is 0.615. The molecule has 2 N–H and O–H groups in total. The number of pyridine rings is 1. The van der Waals surface area contributed by atoms with Crippen molar-refractivity contribution in [2.24, 2.45) is 0 Å². The number of aryl methyl sites for hydroxylation is 1. The van der Waals surface area contributed by atoms with E-state index >= 15 is 0 Å². The largest absolute Gasteiger partial charge is 0.383 e. The number of hydrogen-bond acceptors (Lipinski definition) is 4. The van der Waals surface area contributed by atoms with Gasteiger partial charge in [0.25, 0.3) is 0 Å². The molecule has 1 heterocycles. The smallest absolute Gasteiger partial charge is 0.179 e. The molecule has 1 aromatic rings. The number of rotatable bonds is 5. The summed E-state index contributed by atoms with van der Waals surface area (Å²) in [6.07, 6.45) is 5.36. The van der Waals surface area contributed by atoms with E-state index in [2.05, 4.69) is 11.9 Å². The summed E-state index contributed by atoms with van der Waals surface area (Å²) in [7, 11) is -3.32. The van der Waals surface area contributed by atoms with E-state index in [0.717, 1.165) is 42.5 Å². The van der Waals surface area contributed by atoms with Crippen molar-refractivity contribution in [3.05, 3.63) is 16.8 Å². The maximum absolute atomic E-state index is 11.7. The van der Waals surface area contributed by atoms with Crippen LogP contribution in [0.2, 0.25) is 0 Å². The topological polar surface area (TPSA) is 73.0 Å². The van der Waals surface area contributed by atoms with Crippen molar-refractivity contribution in [2.75, 3.05) is 12.0 Å². The van der Waals surface area contributed by atoms with Gasteiger partial charge in [0, 0.05) is 11.9 Å². The fourth-order valence-electron chi connectivity index (χ4n) is 2.29. The molecule has 0 aliphatic carbocycles. The second-order valence-electron chi connectivity index (χ2n) is 4.74. The molecule has 18 heavy (non-hydrogen) atoms. The van der Waals surface area contributed by atoms with Crippen LogP contribution in [-0.2, 0) is 16.3 Å². The number of unbranched alkanes of at least 4 members (excludes halogenated alkanes) is 2. The Hall–Kier alpha value is -1.10. The molecule has 1 rings (SSSR count). The molecule has 102 valence electrons. The average Bonchev–Trinajstić information content (AvgIpc) is 2.20. The third-order valence-electron chi connectivity index (χ3n) is 3.15. The molecule has 0 aliphatic heterocycles. The van der Waals surface area contributed by atoms with Gasteiger partial charge >= 0.3 is 0 Å². The highest BCUT2D eigenvalue weighted by molar-refractivity contribution is 7.91. The van der Waals surface area contributed by atoms with Crippen molar-refractivity contribution in [3.63, 3.8) is 0 Å². The van der Waals surface area contributed by atoms with Crippen LogP contribution < -0.4 is 5.73 Å². The van der Waals surface area contributed by atoms with E-state index in [0.29, 0.717) is 0 Å². The van der Waals surface area contributed by atoms with Gasteiger partial charge in [-0.1, -0.05) is 19.8 Å². The van der Waals surface area contributed by atoms with Crippen LogP contribution in [0.3, 0.4) is 0 Å². The molecule has 0 spiro atoms. The SMILES string of the molecule is CCCCCc1c(C)nc(N)c(S(C)(=O)=O)c1C. The Kier molecular flexibility index (Phi) is 4.73. The van der Waals surface area contributed by atoms with Crippen molar-refractivity contribution in [3.8, 4) is 0 Å². The minimum absolute atomic E-state index is 0.117. The Morgan fingerprint density at radius 1 is 1.22 bits per heavy atom. The average molecular weight is 270 g/mol. The number of nitrogen functional groups attached to an aromatic ring is 1. The summed E-state index contributed by atoms with van der Waals surface area (Å²) in [5.74, 6) is 0.117. The van der Waals surface area contributed by atoms with Crippen LogP contribution in [0.5, 0.6) is 0 Å². The maximum atomic E-state index is 11.7. The van der Waals surface area contributed by atoms with Gasteiger partial charge in [-0.15, -0.1) is 0 Å². The monoisotopic (exact) mass is 270 g/mol. The molecule has 0 amide bonds. The van der Waals surface area contributed by atoms with Crippen LogP contribution in [0.1, 0.15) is 43.0 Å². The number of aromatic nitrogens is 1. The van der Waals surface area contributed by atoms with Crippen LogP contribution in [0.15, 0.2) is 4.90 Å². The predicted octanol–water partition coefficient (Wildman–Crippen LogP) is 2.42. The van der Waals surface area contributed by atoms with Crippen LogP contribution in [-0.4, -0.2) is 19.7 Å². The van der Waals surface area contributed by atoms with Crippen LogP contribution >= 0.6 is 0 Å². The van der Waals surface area contributed by atoms with Gasteiger partial charge in [-0.2, -0.15) is 0 Å². The molecule has 0 saturated heterocycles. The molecule has 5 heteroatoms. The summed E-state index contributed by atoms with van der Waals surface area (Å²) in [6, 6.07) is 0. The lowest BCUT2D eigenvalue weighted by molar-refractivity contribution is 0.600. The molecule has 4 nitrogen and oxygen atoms in total. The molecule has 0 unspecified atom stereocenters. The van der Waals surface area contributed by atoms with E-state index in [4.69, 9.17) is 5.73 Å². The highest BCUT2D eigenvalue weighted by Gasteiger charge is 2.20. The number of sulfone groups is 1. The van der Waals surface area contributed by atoms with E-state index in [9.17, 15) is 8.42 Å². The van der Waals surface area contributed by atoms with Crippen molar-refractivity contribution < 1.29 is 8.42 Å². The number of anilines is 1.